The monoisotopic (exact) mass is 315 g/mol. The van der Waals surface area contributed by atoms with Gasteiger partial charge >= 0.3 is 0 Å². The van der Waals surface area contributed by atoms with Gasteiger partial charge in [-0.1, -0.05) is 15.9 Å². The number of nitrogens with one attached hydrogen (secondary N) is 1. The van der Waals surface area contributed by atoms with Gasteiger partial charge in [-0.25, -0.2) is 0 Å². The first-order valence-electron chi connectivity index (χ1n) is 3.93. The van der Waals surface area contributed by atoms with Crippen LogP contribution < -0.4 is 11.3 Å². The Morgan fingerprint density at radius 2 is 2.07 bits per heavy atom. The number of nitrogens with two attached hydrogens (primary N) is 1. The molecule has 2 aromatic rings. The molecule has 3 nitrogen and oxygen atoms in total. The smallest absolute Gasteiger partial charge is 0.0865 e. The maximum Gasteiger partial charge on any atom is 0.0865 e. The van der Waals surface area contributed by atoms with Crippen LogP contribution in [0.3, 0.4) is 0 Å². The molecule has 0 bridgehead atoms. The standard InChI is InChI=1S/C9H7Br2N3/c10-5-3-6-8(14-12)1-2-13-9(6)7(11)4-5/h1-4H,12H2,(H,13,14). The number of fused-ring (bicyclic) bond motifs is 1. The molecule has 0 aliphatic rings. The predicted octanol–water partition coefficient (Wildman–Crippen LogP) is 3.05. The third kappa shape index (κ3) is 1.63. The fraction of sp³-hybridized carbons (Fsp3) is 0. The summed E-state index contributed by atoms with van der Waals surface area (Å²) in [6.07, 6.45) is 1.72. The fourth-order valence-corrected chi connectivity index (χ4v) is 2.63. The van der Waals surface area contributed by atoms with E-state index < -0.39 is 0 Å². The molecule has 0 aliphatic carbocycles. The number of anilines is 1. The summed E-state index contributed by atoms with van der Waals surface area (Å²) in [5, 5.41) is 0.983. The SMILES string of the molecule is NNc1ccnc2c(Br)cc(Br)cc12. The van der Waals surface area contributed by atoms with Crippen molar-refractivity contribution in [2.75, 3.05) is 5.43 Å². The zero-order valence-corrected chi connectivity index (χ0v) is 10.3. The lowest BCUT2D eigenvalue weighted by atomic mass is 10.2. The van der Waals surface area contributed by atoms with E-state index in [0.717, 1.165) is 25.5 Å². The summed E-state index contributed by atoms with van der Waals surface area (Å²) >= 11 is 6.87. The Balaban J connectivity index is 2.86. The number of nitrogen functional groups attached to an aromatic ring is 1. The van der Waals surface area contributed by atoms with Gasteiger partial charge in [0.25, 0.3) is 0 Å². The summed E-state index contributed by atoms with van der Waals surface area (Å²) in [5.41, 5.74) is 4.39. The number of pyridine rings is 1. The largest absolute Gasteiger partial charge is 0.323 e. The number of benzene rings is 1. The van der Waals surface area contributed by atoms with Crippen LogP contribution in [0.5, 0.6) is 0 Å². The lowest BCUT2D eigenvalue weighted by molar-refractivity contribution is 1.33. The Hall–Kier alpha value is -0.650. The Kier molecular flexibility index (Phi) is 2.71. The van der Waals surface area contributed by atoms with Crippen LogP contribution in [0.2, 0.25) is 0 Å². The Morgan fingerprint density at radius 3 is 2.79 bits per heavy atom. The minimum atomic E-state index is 0.858. The molecule has 0 saturated heterocycles. The van der Waals surface area contributed by atoms with E-state index in [0.29, 0.717) is 0 Å². The summed E-state index contributed by atoms with van der Waals surface area (Å²) < 4.78 is 1.93. The predicted molar refractivity (Wildman–Crippen MR) is 65.0 cm³/mol. The van der Waals surface area contributed by atoms with Crippen molar-refractivity contribution in [2.45, 2.75) is 0 Å². The van der Waals surface area contributed by atoms with Crippen LogP contribution in [0.4, 0.5) is 5.69 Å². The molecule has 3 N–H and O–H groups in total. The number of rotatable bonds is 1. The van der Waals surface area contributed by atoms with Crippen LogP contribution in [0.1, 0.15) is 0 Å². The average Bonchev–Trinajstić information content (AvgIpc) is 2.17. The number of halogens is 2. The number of hydrogen-bond acceptors (Lipinski definition) is 3. The molecule has 0 aliphatic heterocycles. The van der Waals surface area contributed by atoms with Crippen LogP contribution in [-0.4, -0.2) is 4.98 Å². The van der Waals surface area contributed by atoms with E-state index in [2.05, 4.69) is 42.3 Å². The first-order valence-corrected chi connectivity index (χ1v) is 5.51. The average molecular weight is 317 g/mol. The Morgan fingerprint density at radius 1 is 1.29 bits per heavy atom. The normalized spacial score (nSPS) is 10.5. The molecule has 0 radical (unpaired) electrons. The summed E-state index contributed by atoms with van der Waals surface area (Å²) in [6.45, 7) is 0. The highest BCUT2D eigenvalue weighted by atomic mass is 79.9. The first-order chi connectivity index (χ1) is 6.72. The van der Waals surface area contributed by atoms with Gasteiger partial charge in [-0.2, -0.15) is 0 Å². The topological polar surface area (TPSA) is 50.9 Å². The number of nitrogens with zero attached hydrogens (tertiary/aromatic N) is 1. The lowest BCUT2D eigenvalue weighted by Crippen LogP contribution is -2.07. The minimum Gasteiger partial charge on any atom is -0.323 e. The van der Waals surface area contributed by atoms with Crippen molar-refractivity contribution in [3.63, 3.8) is 0 Å². The molecule has 1 aromatic heterocycles. The molecule has 1 aromatic carbocycles. The second-order valence-corrected chi connectivity index (χ2v) is 4.56. The maximum atomic E-state index is 5.41. The van der Waals surface area contributed by atoms with Gasteiger partial charge in [-0.3, -0.25) is 10.8 Å². The van der Waals surface area contributed by atoms with Crippen molar-refractivity contribution in [1.82, 2.24) is 4.98 Å². The summed E-state index contributed by atoms with van der Waals surface area (Å²) in [7, 11) is 0. The van der Waals surface area contributed by atoms with Gasteiger partial charge in [0.2, 0.25) is 0 Å². The molecule has 0 unspecified atom stereocenters. The van der Waals surface area contributed by atoms with Gasteiger partial charge < -0.3 is 5.43 Å². The molecule has 0 spiro atoms. The van der Waals surface area contributed by atoms with Crippen molar-refractivity contribution < 1.29 is 0 Å². The van der Waals surface area contributed by atoms with Gasteiger partial charge in [0.1, 0.15) is 0 Å². The molecule has 0 saturated carbocycles. The van der Waals surface area contributed by atoms with Crippen LogP contribution in [0.25, 0.3) is 10.9 Å². The molecule has 72 valence electrons. The molecular formula is C9H7Br2N3. The summed E-state index contributed by atoms with van der Waals surface area (Å²) in [6, 6.07) is 5.76. The van der Waals surface area contributed by atoms with E-state index in [1.807, 2.05) is 18.2 Å². The number of aromatic nitrogens is 1. The third-order valence-electron chi connectivity index (χ3n) is 1.92. The highest BCUT2D eigenvalue weighted by Crippen LogP contribution is 2.30. The van der Waals surface area contributed by atoms with E-state index in [1.54, 1.807) is 6.20 Å². The Labute approximate surface area is 97.9 Å². The lowest BCUT2D eigenvalue weighted by Gasteiger charge is -2.06. The van der Waals surface area contributed by atoms with Crippen molar-refractivity contribution in [3.05, 3.63) is 33.3 Å². The van der Waals surface area contributed by atoms with Crippen molar-refractivity contribution in [3.8, 4) is 0 Å². The van der Waals surface area contributed by atoms with Crippen LogP contribution in [-0.2, 0) is 0 Å². The molecule has 5 heteroatoms. The fourth-order valence-electron chi connectivity index (χ4n) is 1.30. The molecule has 0 amide bonds. The van der Waals surface area contributed by atoms with Crippen LogP contribution in [0, 0.1) is 0 Å². The number of hydrogen-bond donors (Lipinski definition) is 2. The highest BCUT2D eigenvalue weighted by molar-refractivity contribution is 9.11. The van der Waals surface area contributed by atoms with Gasteiger partial charge in [-0.15, -0.1) is 0 Å². The molecule has 0 atom stereocenters. The van der Waals surface area contributed by atoms with Gasteiger partial charge in [0.05, 0.1) is 11.2 Å². The molecule has 0 fully saturated rings. The first kappa shape index (κ1) is 9.89. The van der Waals surface area contributed by atoms with E-state index in [9.17, 15) is 0 Å². The molecule has 14 heavy (non-hydrogen) atoms. The number of hydrazine groups is 1. The van der Waals surface area contributed by atoms with E-state index in [1.165, 1.54) is 0 Å². The van der Waals surface area contributed by atoms with Crippen molar-refractivity contribution in [2.24, 2.45) is 5.84 Å². The van der Waals surface area contributed by atoms with Crippen LogP contribution in [0.15, 0.2) is 33.3 Å². The zero-order valence-electron chi connectivity index (χ0n) is 7.09. The van der Waals surface area contributed by atoms with E-state index in [4.69, 9.17) is 5.84 Å². The van der Waals surface area contributed by atoms with E-state index in [-0.39, 0.29) is 0 Å². The van der Waals surface area contributed by atoms with Gasteiger partial charge in [-0.05, 0) is 34.1 Å². The maximum absolute atomic E-state index is 5.41. The van der Waals surface area contributed by atoms with Gasteiger partial charge in [0, 0.05) is 20.5 Å². The molecule has 1 heterocycles. The summed E-state index contributed by atoms with van der Waals surface area (Å²) in [5.74, 6) is 5.41. The second-order valence-electron chi connectivity index (χ2n) is 2.79. The second kappa shape index (κ2) is 3.84. The van der Waals surface area contributed by atoms with Crippen LogP contribution >= 0.6 is 31.9 Å². The zero-order chi connectivity index (χ0) is 10.1. The summed E-state index contributed by atoms with van der Waals surface area (Å²) in [4.78, 5) is 4.27. The molecular weight excluding hydrogens is 310 g/mol. The Bertz CT molecular complexity index is 485. The van der Waals surface area contributed by atoms with Crippen molar-refractivity contribution in [1.29, 1.82) is 0 Å². The minimum absolute atomic E-state index is 0.858. The van der Waals surface area contributed by atoms with E-state index >= 15 is 0 Å². The third-order valence-corrected chi connectivity index (χ3v) is 2.98. The molecule has 2 rings (SSSR count). The highest BCUT2D eigenvalue weighted by Gasteiger charge is 2.05. The quantitative estimate of drug-likeness (QED) is 0.628. The van der Waals surface area contributed by atoms with Crippen molar-refractivity contribution >= 4 is 48.5 Å². The van der Waals surface area contributed by atoms with Gasteiger partial charge in [0.15, 0.2) is 0 Å².